The first kappa shape index (κ1) is 16.8. The minimum atomic E-state index is -3.52. The van der Waals surface area contributed by atoms with E-state index in [1.54, 1.807) is 29.2 Å². The van der Waals surface area contributed by atoms with Gasteiger partial charge in [-0.3, -0.25) is 9.67 Å². The third-order valence-corrected chi connectivity index (χ3v) is 6.70. The van der Waals surface area contributed by atoms with Gasteiger partial charge in [-0.15, -0.1) is 11.3 Å². The van der Waals surface area contributed by atoms with Crippen molar-refractivity contribution in [3.05, 3.63) is 53.3 Å². The molecule has 0 radical (unpaired) electrons. The van der Waals surface area contributed by atoms with Crippen molar-refractivity contribution in [1.82, 2.24) is 19.5 Å². The van der Waals surface area contributed by atoms with Crippen LogP contribution in [0.5, 0.6) is 0 Å². The lowest BCUT2D eigenvalue weighted by Crippen LogP contribution is -2.22. The first-order valence-electron chi connectivity index (χ1n) is 7.51. The molecule has 3 rings (SSSR count). The zero-order valence-electron chi connectivity index (χ0n) is 13.4. The van der Waals surface area contributed by atoms with Gasteiger partial charge < -0.3 is 0 Å². The molecule has 0 spiro atoms. The van der Waals surface area contributed by atoms with Crippen LogP contribution < -0.4 is 4.72 Å². The predicted octanol–water partition coefficient (Wildman–Crippen LogP) is 2.58. The lowest BCUT2D eigenvalue weighted by Gasteiger charge is -2.08. The molecule has 126 valence electrons. The fourth-order valence-corrected chi connectivity index (χ4v) is 4.67. The fourth-order valence-electron chi connectivity index (χ4n) is 2.32. The molecule has 3 aromatic rings. The Morgan fingerprint density at radius 1 is 1.29 bits per heavy atom. The van der Waals surface area contributed by atoms with Crippen molar-refractivity contribution in [2.24, 2.45) is 7.05 Å². The molecule has 0 saturated carbocycles. The second-order valence-corrected chi connectivity index (χ2v) is 8.47. The van der Waals surface area contributed by atoms with Gasteiger partial charge >= 0.3 is 0 Å². The van der Waals surface area contributed by atoms with Gasteiger partial charge in [-0.1, -0.05) is 13.0 Å². The number of nitrogens with one attached hydrogen (secondary N) is 1. The fraction of sp³-hybridized carbons (Fsp3) is 0.250. The van der Waals surface area contributed by atoms with E-state index < -0.39 is 10.0 Å². The van der Waals surface area contributed by atoms with Gasteiger partial charge in [-0.2, -0.15) is 5.10 Å². The number of rotatable bonds is 6. The van der Waals surface area contributed by atoms with Gasteiger partial charge in [0.05, 0.1) is 11.9 Å². The van der Waals surface area contributed by atoms with Crippen molar-refractivity contribution in [2.75, 3.05) is 0 Å². The number of pyridine rings is 1. The summed E-state index contributed by atoms with van der Waals surface area (Å²) in [5.74, 6) is 0. The number of thiophene rings is 1. The van der Waals surface area contributed by atoms with E-state index in [9.17, 15) is 8.42 Å². The van der Waals surface area contributed by atoms with Crippen molar-refractivity contribution in [3.8, 4) is 11.3 Å². The Hall–Kier alpha value is -2.03. The summed E-state index contributed by atoms with van der Waals surface area (Å²) >= 11 is 1.30. The molecular formula is C16H18N4O2S2. The van der Waals surface area contributed by atoms with Crippen LogP contribution in [0, 0.1) is 0 Å². The summed E-state index contributed by atoms with van der Waals surface area (Å²) in [6.07, 6.45) is 6.08. The quantitative estimate of drug-likeness (QED) is 0.731. The molecule has 8 heteroatoms. The summed E-state index contributed by atoms with van der Waals surface area (Å²) in [6.45, 7) is 2.19. The van der Waals surface area contributed by atoms with Crippen molar-refractivity contribution >= 4 is 21.4 Å². The van der Waals surface area contributed by atoms with E-state index >= 15 is 0 Å². The van der Waals surface area contributed by atoms with Gasteiger partial charge in [-0.05, 0) is 30.2 Å². The van der Waals surface area contributed by atoms with Gasteiger partial charge in [-0.25, -0.2) is 13.1 Å². The summed E-state index contributed by atoms with van der Waals surface area (Å²) in [5, 5.41) is 4.14. The summed E-state index contributed by atoms with van der Waals surface area (Å²) in [5.41, 5.74) is 2.40. The average Bonchev–Trinajstić information content (AvgIpc) is 3.22. The van der Waals surface area contributed by atoms with Crippen LogP contribution in [0.2, 0.25) is 0 Å². The Labute approximate surface area is 145 Å². The number of aryl methyl sites for hydroxylation is 2. The van der Waals surface area contributed by atoms with Gasteiger partial charge in [0.25, 0.3) is 0 Å². The topological polar surface area (TPSA) is 76.9 Å². The Bertz CT molecular complexity index is 944. The molecular weight excluding hydrogens is 344 g/mol. The zero-order chi connectivity index (χ0) is 17.2. The van der Waals surface area contributed by atoms with E-state index in [0.29, 0.717) is 4.21 Å². The van der Waals surface area contributed by atoms with Crippen LogP contribution in [0.15, 0.2) is 47.1 Å². The van der Waals surface area contributed by atoms with E-state index in [0.717, 1.165) is 28.1 Å². The van der Waals surface area contributed by atoms with Crippen molar-refractivity contribution in [2.45, 2.75) is 24.1 Å². The smallest absolute Gasteiger partial charge is 0.250 e. The molecule has 0 aliphatic carbocycles. The summed E-state index contributed by atoms with van der Waals surface area (Å²) in [6, 6.07) is 7.16. The SMILES string of the molecule is CCc1ccc(S(=O)(=O)NCc2cccnc2-c2cnn(C)c2)s1. The van der Waals surface area contributed by atoms with Gasteiger partial charge in [0, 0.05) is 36.4 Å². The Balaban J connectivity index is 1.82. The first-order valence-corrected chi connectivity index (χ1v) is 9.81. The molecule has 0 unspecified atom stereocenters. The molecule has 3 heterocycles. The largest absolute Gasteiger partial charge is 0.275 e. The molecule has 0 aromatic carbocycles. The third-order valence-electron chi connectivity index (χ3n) is 3.57. The van der Waals surface area contributed by atoms with Crippen LogP contribution in [0.1, 0.15) is 17.4 Å². The molecule has 0 bridgehead atoms. The predicted molar refractivity (Wildman–Crippen MR) is 94.2 cm³/mol. The van der Waals surface area contributed by atoms with E-state index in [1.165, 1.54) is 11.3 Å². The maximum absolute atomic E-state index is 12.4. The molecule has 0 amide bonds. The number of sulfonamides is 1. The molecule has 0 atom stereocenters. The second-order valence-electron chi connectivity index (χ2n) is 5.31. The minimum absolute atomic E-state index is 0.180. The molecule has 0 aliphatic heterocycles. The summed E-state index contributed by atoms with van der Waals surface area (Å²) in [4.78, 5) is 5.42. The zero-order valence-corrected chi connectivity index (χ0v) is 15.1. The minimum Gasteiger partial charge on any atom is -0.275 e. The van der Waals surface area contributed by atoms with Gasteiger partial charge in [0.15, 0.2) is 0 Å². The Morgan fingerprint density at radius 3 is 2.79 bits per heavy atom. The Kier molecular flexibility index (Phi) is 4.79. The molecule has 1 N–H and O–H groups in total. The molecule has 24 heavy (non-hydrogen) atoms. The van der Waals surface area contributed by atoms with Crippen LogP contribution in [0.4, 0.5) is 0 Å². The average molecular weight is 362 g/mol. The van der Waals surface area contributed by atoms with E-state index in [-0.39, 0.29) is 6.54 Å². The highest BCUT2D eigenvalue weighted by molar-refractivity contribution is 7.91. The van der Waals surface area contributed by atoms with E-state index in [1.807, 2.05) is 32.3 Å². The highest BCUT2D eigenvalue weighted by Crippen LogP contribution is 2.23. The van der Waals surface area contributed by atoms with Crippen molar-refractivity contribution in [1.29, 1.82) is 0 Å². The maximum atomic E-state index is 12.4. The van der Waals surface area contributed by atoms with E-state index in [2.05, 4.69) is 14.8 Å². The standard InChI is InChI=1S/C16H18N4O2S2/c1-3-14-6-7-15(23-14)24(21,22)19-10-12-5-4-8-17-16(12)13-9-18-20(2)11-13/h4-9,11,19H,3,10H2,1-2H3. The van der Waals surface area contributed by atoms with Gasteiger partial charge in [0.1, 0.15) is 4.21 Å². The van der Waals surface area contributed by atoms with Crippen LogP contribution in [0.3, 0.4) is 0 Å². The second kappa shape index (κ2) is 6.84. The number of hydrogen-bond donors (Lipinski definition) is 1. The van der Waals surface area contributed by atoms with Crippen LogP contribution in [0.25, 0.3) is 11.3 Å². The maximum Gasteiger partial charge on any atom is 0.250 e. The molecule has 0 aliphatic rings. The monoisotopic (exact) mass is 362 g/mol. The highest BCUT2D eigenvalue weighted by atomic mass is 32.2. The van der Waals surface area contributed by atoms with Crippen molar-refractivity contribution < 1.29 is 8.42 Å². The highest BCUT2D eigenvalue weighted by Gasteiger charge is 2.17. The van der Waals surface area contributed by atoms with Gasteiger partial charge in [0.2, 0.25) is 10.0 Å². The molecule has 0 fully saturated rings. The van der Waals surface area contributed by atoms with Crippen LogP contribution >= 0.6 is 11.3 Å². The summed E-state index contributed by atoms with van der Waals surface area (Å²) in [7, 11) is -1.69. The first-order chi connectivity index (χ1) is 11.5. The van der Waals surface area contributed by atoms with E-state index in [4.69, 9.17) is 0 Å². The molecule has 0 saturated heterocycles. The molecule has 6 nitrogen and oxygen atoms in total. The van der Waals surface area contributed by atoms with Crippen LogP contribution in [-0.2, 0) is 30.0 Å². The molecule has 3 aromatic heterocycles. The number of aromatic nitrogens is 3. The number of hydrogen-bond acceptors (Lipinski definition) is 5. The number of nitrogens with zero attached hydrogens (tertiary/aromatic N) is 3. The summed E-state index contributed by atoms with van der Waals surface area (Å²) < 4.78 is 29.6. The van der Waals surface area contributed by atoms with Crippen LogP contribution in [-0.4, -0.2) is 23.2 Å². The third kappa shape index (κ3) is 3.55. The lowest BCUT2D eigenvalue weighted by molar-refractivity contribution is 0.583. The Morgan fingerprint density at radius 2 is 2.12 bits per heavy atom. The normalized spacial score (nSPS) is 11.8. The van der Waals surface area contributed by atoms with Crippen molar-refractivity contribution in [3.63, 3.8) is 0 Å². The lowest BCUT2D eigenvalue weighted by atomic mass is 10.1.